The van der Waals surface area contributed by atoms with E-state index in [-0.39, 0.29) is 17.9 Å². The number of hydrogen-bond acceptors (Lipinski definition) is 1. The third kappa shape index (κ3) is 6.26. The van der Waals surface area contributed by atoms with E-state index in [0.29, 0.717) is 16.5 Å². The van der Waals surface area contributed by atoms with E-state index >= 15 is 0 Å². The fourth-order valence-electron chi connectivity index (χ4n) is 4.83. The summed E-state index contributed by atoms with van der Waals surface area (Å²) in [6.45, 7) is 2.24. The summed E-state index contributed by atoms with van der Waals surface area (Å²) in [4.78, 5) is 14.9. The van der Waals surface area contributed by atoms with Crippen LogP contribution in [-0.2, 0) is 4.79 Å². The molecule has 1 amide bonds. The van der Waals surface area contributed by atoms with E-state index in [9.17, 15) is 4.79 Å². The molecule has 1 aliphatic rings. The molecule has 0 unspecified atom stereocenters. The van der Waals surface area contributed by atoms with E-state index in [4.69, 9.17) is 23.2 Å². The summed E-state index contributed by atoms with van der Waals surface area (Å²) >= 11 is 12.4. The molecule has 2 aromatic carbocycles. The number of nitrogens with zero attached hydrogens (tertiary/aromatic N) is 1. The van der Waals surface area contributed by atoms with Crippen LogP contribution in [0.15, 0.2) is 42.5 Å². The van der Waals surface area contributed by atoms with Gasteiger partial charge in [-0.05, 0) is 48.1 Å². The van der Waals surface area contributed by atoms with Gasteiger partial charge in [0.1, 0.15) is 0 Å². The second-order valence-electron chi connectivity index (χ2n) is 8.82. The van der Waals surface area contributed by atoms with Crippen LogP contribution in [0.2, 0.25) is 10.0 Å². The molecule has 0 aromatic heterocycles. The van der Waals surface area contributed by atoms with Gasteiger partial charge in [0, 0.05) is 19.4 Å². The SMILES string of the molecule is CCCCCCCCCC(=O)N(C)[C@H]1CC[C@@H](c2ccc(Cl)c(Cl)c2)c2ccccc21. The summed E-state index contributed by atoms with van der Waals surface area (Å²) < 4.78 is 0. The van der Waals surface area contributed by atoms with Crippen LogP contribution in [0.5, 0.6) is 0 Å². The minimum absolute atomic E-state index is 0.146. The number of hydrogen-bond donors (Lipinski definition) is 0. The third-order valence-corrected chi connectivity index (χ3v) is 7.40. The quantitative estimate of drug-likeness (QED) is 0.325. The lowest BCUT2D eigenvalue weighted by Gasteiger charge is -2.37. The number of halogens is 2. The van der Waals surface area contributed by atoms with Gasteiger partial charge in [0.25, 0.3) is 0 Å². The number of benzene rings is 2. The molecule has 0 aliphatic heterocycles. The lowest BCUT2D eigenvalue weighted by atomic mass is 9.76. The number of fused-ring (bicyclic) bond motifs is 1. The van der Waals surface area contributed by atoms with Crippen LogP contribution in [-0.4, -0.2) is 17.9 Å². The maximum atomic E-state index is 12.9. The van der Waals surface area contributed by atoms with Crippen LogP contribution in [0.25, 0.3) is 0 Å². The summed E-state index contributed by atoms with van der Waals surface area (Å²) in [6, 6.07) is 14.6. The molecule has 0 saturated carbocycles. The summed E-state index contributed by atoms with van der Waals surface area (Å²) in [7, 11) is 1.98. The van der Waals surface area contributed by atoms with Crippen molar-refractivity contribution in [2.75, 3.05) is 7.05 Å². The Morgan fingerprint density at radius 1 is 0.903 bits per heavy atom. The summed E-state index contributed by atoms with van der Waals surface area (Å²) in [5, 5.41) is 1.18. The van der Waals surface area contributed by atoms with Gasteiger partial charge in [-0.25, -0.2) is 0 Å². The highest BCUT2D eigenvalue weighted by Crippen LogP contribution is 2.44. The van der Waals surface area contributed by atoms with Gasteiger partial charge in [0.2, 0.25) is 5.91 Å². The second-order valence-corrected chi connectivity index (χ2v) is 9.64. The Kier molecular flexibility index (Phi) is 9.29. The molecular weight excluding hydrogens is 425 g/mol. The predicted molar refractivity (Wildman–Crippen MR) is 132 cm³/mol. The van der Waals surface area contributed by atoms with E-state index in [2.05, 4.69) is 37.3 Å². The first kappa shape index (κ1) is 24.1. The maximum Gasteiger partial charge on any atom is 0.222 e. The van der Waals surface area contributed by atoms with Gasteiger partial charge in [-0.15, -0.1) is 0 Å². The molecule has 2 atom stereocenters. The first-order chi connectivity index (χ1) is 15.0. The van der Waals surface area contributed by atoms with Crippen molar-refractivity contribution in [2.24, 2.45) is 0 Å². The standard InChI is InChI=1S/C27H35Cl2NO/c1-3-4-5-6-7-8-9-14-27(31)30(2)26-18-16-21(22-12-10-11-13-23(22)26)20-15-17-24(28)25(29)19-20/h10-13,15,17,19,21,26H,3-9,14,16,18H2,1-2H3/t21-,26-/m0/s1. The number of amides is 1. The molecule has 4 heteroatoms. The van der Waals surface area contributed by atoms with Crippen LogP contribution >= 0.6 is 23.2 Å². The lowest BCUT2D eigenvalue weighted by molar-refractivity contribution is -0.132. The largest absolute Gasteiger partial charge is 0.339 e. The Morgan fingerprint density at radius 2 is 1.58 bits per heavy atom. The molecule has 2 nitrogen and oxygen atoms in total. The average Bonchev–Trinajstić information content (AvgIpc) is 2.79. The van der Waals surface area contributed by atoms with Gasteiger partial charge >= 0.3 is 0 Å². The van der Waals surface area contributed by atoms with E-state index < -0.39 is 0 Å². The van der Waals surface area contributed by atoms with Crippen molar-refractivity contribution in [2.45, 2.75) is 83.1 Å². The molecule has 0 bridgehead atoms. The zero-order chi connectivity index (χ0) is 22.2. The molecule has 1 aliphatic carbocycles. The first-order valence-electron chi connectivity index (χ1n) is 11.8. The third-order valence-electron chi connectivity index (χ3n) is 6.66. The molecule has 2 aromatic rings. The molecule has 0 N–H and O–H groups in total. The fourth-order valence-corrected chi connectivity index (χ4v) is 5.13. The zero-order valence-corrected chi connectivity index (χ0v) is 20.4. The minimum atomic E-state index is 0.146. The molecule has 0 radical (unpaired) electrons. The molecule has 0 fully saturated rings. The lowest BCUT2D eigenvalue weighted by Crippen LogP contribution is -2.34. The fraction of sp³-hybridized carbons (Fsp3) is 0.519. The maximum absolute atomic E-state index is 12.9. The minimum Gasteiger partial charge on any atom is -0.339 e. The zero-order valence-electron chi connectivity index (χ0n) is 18.9. The smallest absolute Gasteiger partial charge is 0.222 e. The van der Waals surface area contributed by atoms with Crippen molar-refractivity contribution in [3.8, 4) is 0 Å². The molecule has 3 rings (SSSR count). The first-order valence-corrected chi connectivity index (χ1v) is 12.6. The van der Waals surface area contributed by atoms with Gasteiger partial charge in [0.05, 0.1) is 16.1 Å². The van der Waals surface area contributed by atoms with Crippen molar-refractivity contribution < 1.29 is 4.79 Å². The molecule has 0 heterocycles. The molecular formula is C27H35Cl2NO. The highest BCUT2D eigenvalue weighted by Gasteiger charge is 2.31. The Labute approximate surface area is 197 Å². The van der Waals surface area contributed by atoms with Gasteiger partial charge in [-0.3, -0.25) is 4.79 Å². The van der Waals surface area contributed by atoms with Crippen molar-refractivity contribution in [1.29, 1.82) is 0 Å². The Hall–Kier alpha value is -1.51. The van der Waals surface area contributed by atoms with Crippen LogP contribution in [0, 0.1) is 0 Å². The van der Waals surface area contributed by atoms with Gasteiger partial charge in [-0.2, -0.15) is 0 Å². The predicted octanol–water partition coefficient (Wildman–Crippen LogP) is 8.56. The second kappa shape index (κ2) is 11.9. The monoisotopic (exact) mass is 459 g/mol. The van der Waals surface area contributed by atoms with Crippen LogP contribution in [0.1, 0.15) is 99.8 Å². The number of unbranched alkanes of at least 4 members (excludes halogenated alkanes) is 6. The van der Waals surface area contributed by atoms with Gasteiger partial charge < -0.3 is 4.90 Å². The van der Waals surface area contributed by atoms with Crippen molar-refractivity contribution in [3.63, 3.8) is 0 Å². The molecule has 0 saturated heterocycles. The molecule has 168 valence electrons. The van der Waals surface area contributed by atoms with E-state index in [1.807, 2.05) is 24.1 Å². The number of carbonyl (C=O) groups excluding carboxylic acids is 1. The number of rotatable bonds is 10. The van der Waals surface area contributed by atoms with Crippen LogP contribution < -0.4 is 0 Å². The van der Waals surface area contributed by atoms with Crippen molar-refractivity contribution in [1.82, 2.24) is 4.90 Å². The van der Waals surface area contributed by atoms with Crippen LogP contribution in [0.3, 0.4) is 0 Å². The van der Waals surface area contributed by atoms with E-state index in [1.54, 1.807) is 0 Å². The van der Waals surface area contributed by atoms with Gasteiger partial charge in [-0.1, -0.05) is 99.0 Å². The molecule has 0 spiro atoms. The Bertz CT molecular complexity index is 866. The van der Waals surface area contributed by atoms with Gasteiger partial charge in [0.15, 0.2) is 0 Å². The Morgan fingerprint density at radius 3 is 2.29 bits per heavy atom. The molecule has 31 heavy (non-hydrogen) atoms. The Balaban J connectivity index is 1.64. The van der Waals surface area contributed by atoms with Crippen LogP contribution in [0.4, 0.5) is 0 Å². The van der Waals surface area contributed by atoms with E-state index in [0.717, 1.165) is 25.7 Å². The highest BCUT2D eigenvalue weighted by molar-refractivity contribution is 6.42. The van der Waals surface area contributed by atoms with Crippen molar-refractivity contribution >= 4 is 29.1 Å². The number of carbonyl (C=O) groups is 1. The van der Waals surface area contributed by atoms with E-state index in [1.165, 1.54) is 48.8 Å². The van der Waals surface area contributed by atoms with Crippen molar-refractivity contribution in [3.05, 3.63) is 69.2 Å². The summed E-state index contributed by atoms with van der Waals surface area (Å²) in [6.07, 6.45) is 11.2. The average molecular weight is 460 g/mol. The summed E-state index contributed by atoms with van der Waals surface area (Å²) in [5.74, 6) is 0.551. The topological polar surface area (TPSA) is 20.3 Å². The highest BCUT2D eigenvalue weighted by atomic mass is 35.5. The summed E-state index contributed by atoms with van der Waals surface area (Å²) in [5.41, 5.74) is 3.75. The normalized spacial score (nSPS) is 17.9.